The van der Waals surface area contributed by atoms with Gasteiger partial charge in [0, 0.05) is 19.1 Å². The molecule has 0 spiro atoms. The highest BCUT2D eigenvalue weighted by Crippen LogP contribution is 2.23. The molecule has 1 aromatic heterocycles. The molecule has 116 valence electrons. The summed E-state index contributed by atoms with van der Waals surface area (Å²) in [5.74, 6) is -1.79. The van der Waals surface area contributed by atoms with E-state index in [1.165, 1.54) is 7.11 Å². The number of carboxylic acids is 1. The molecule has 1 saturated heterocycles. The highest BCUT2D eigenvalue weighted by atomic mass is 32.2. The van der Waals surface area contributed by atoms with E-state index in [0.717, 1.165) is 16.4 Å². The third-order valence-corrected chi connectivity index (χ3v) is 4.78. The predicted molar refractivity (Wildman–Crippen MR) is 68.4 cm³/mol. The van der Waals surface area contributed by atoms with Gasteiger partial charge in [-0.15, -0.1) is 0 Å². The highest BCUT2D eigenvalue weighted by Gasteiger charge is 2.35. The largest absolute Gasteiger partial charge is 0.475 e. The number of methoxy groups -OCH3 is 1. The number of aromatic carboxylic acids is 1. The fourth-order valence-electron chi connectivity index (χ4n) is 1.99. The lowest BCUT2D eigenvalue weighted by Gasteiger charge is -2.15. The lowest BCUT2D eigenvalue weighted by atomic mass is 10.3. The van der Waals surface area contributed by atoms with Crippen molar-refractivity contribution in [1.82, 2.24) is 9.62 Å². The van der Waals surface area contributed by atoms with Crippen molar-refractivity contribution >= 4 is 22.1 Å². The molecule has 2 N–H and O–H groups in total. The number of carbonyl (C=O) groups is 2. The van der Waals surface area contributed by atoms with Gasteiger partial charge >= 0.3 is 12.1 Å². The maximum Gasteiger partial charge on any atom is 0.407 e. The molecule has 9 nitrogen and oxygen atoms in total. The first-order valence-electron chi connectivity index (χ1n) is 6.02. The maximum absolute atomic E-state index is 12.3. The van der Waals surface area contributed by atoms with Crippen molar-refractivity contribution < 1.29 is 32.3 Å². The second-order valence-corrected chi connectivity index (χ2v) is 6.28. The number of carboxylic acid groups (broad SMARTS) is 1. The van der Waals surface area contributed by atoms with Crippen LogP contribution >= 0.6 is 0 Å². The molecule has 0 radical (unpaired) electrons. The minimum atomic E-state index is -3.92. The van der Waals surface area contributed by atoms with Gasteiger partial charge in [-0.25, -0.2) is 18.0 Å². The number of furan rings is 1. The Morgan fingerprint density at radius 1 is 1.48 bits per heavy atom. The molecule has 1 fully saturated rings. The van der Waals surface area contributed by atoms with E-state index >= 15 is 0 Å². The quantitative estimate of drug-likeness (QED) is 0.806. The molecule has 1 atom stereocenters. The van der Waals surface area contributed by atoms with Crippen LogP contribution < -0.4 is 5.32 Å². The van der Waals surface area contributed by atoms with Gasteiger partial charge in [-0.1, -0.05) is 0 Å². The van der Waals surface area contributed by atoms with Gasteiger partial charge in [0.15, 0.2) is 0 Å². The smallest absolute Gasteiger partial charge is 0.407 e. The van der Waals surface area contributed by atoms with Gasteiger partial charge in [-0.2, -0.15) is 4.31 Å². The van der Waals surface area contributed by atoms with Crippen LogP contribution in [0.15, 0.2) is 21.6 Å². The van der Waals surface area contributed by atoms with Gasteiger partial charge in [0.1, 0.15) is 0 Å². The fourth-order valence-corrected chi connectivity index (χ4v) is 3.40. The van der Waals surface area contributed by atoms with Gasteiger partial charge in [-0.3, -0.25) is 0 Å². The number of nitrogens with one attached hydrogen (secondary N) is 1. The second-order valence-electron chi connectivity index (χ2n) is 4.41. The third-order valence-electron chi connectivity index (χ3n) is 3.04. The van der Waals surface area contributed by atoms with Crippen molar-refractivity contribution in [3.05, 3.63) is 17.9 Å². The van der Waals surface area contributed by atoms with Crippen LogP contribution in [0.3, 0.4) is 0 Å². The fraction of sp³-hybridized carbons (Fsp3) is 0.455. The Bertz CT molecular complexity index is 651. The topological polar surface area (TPSA) is 126 Å². The van der Waals surface area contributed by atoms with Crippen molar-refractivity contribution in [2.45, 2.75) is 17.6 Å². The van der Waals surface area contributed by atoms with E-state index in [1.807, 2.05) is 0 Å². The molecular formula is C11H14N2O7S. The van der Waals surface area contributed by atoms with E-state index in [-0.39, 0.29) is 19.1 Å². The van der Waals surface area contributed by atoms with Crippen LogP contribution in [0.2, 0.25) is 0 Å². The summed E-state index contributed by atoms with van der Waals surface area (Å²) in [6.45, 7) is 0.265. The SMILES string of the molecule is COC(=O)NC1CCN(S(=O)(=O)c2ccc(C(=O)O)o2)C1. The summed E-state index contributed by atoms with van der Waals surface area (Å²) in [6.07, 6.45) is -0.203. The standard InChI is InChI=1S/C11H14N2O7S/c1-19-11(16)12-7-4-5-13(6-7)21(17,18)9-3-2-8(20-9)10(14)15/h2-3,7H,4-6H2,1H3,(H,12,16)(H,14,15). The van der Waals surface area contributed by atoms with Crippen LogP contribution in [-0.2, 0) is 14.8 Å². The molecule has 21 heavy (non-hydrogen) atoms. The van der Waals surface area contributed by atoms with Crippen molar-refractivity contribution in [3.63, 3.8) is 0 Å². The average molecular weight is 318 g/mol. The number of carbonyl (C=O) groups excluding carboxylic acids is 1. The molecule has 0 saturated carbocycles. The van der Waals surface area contributed by atoms with Crippen molar-refractivity contribution in [1.29, 1.82) is 0 Å². The minimum Gasteiger partial charge on any atom is -0.475 e. The van der Waals surface area contributed by atoms with E-state index in [1.54, 1.807) is 0 Å². The van der Waals surface area contributed by atoms with Gasteiger partial charge in [0.05, 0.1) is 7.11 Å². The predicted octanol–water partition coefficient (Wildman–Crippen LogP) is 0.0968. The molecule has 1 aliphatic rings. The van der Waals surface area contributed by atoms with Gasteiger partial charge in [0.2, 0.25) is 10.9 Å². The Kier molecular flexibility index (Phi) is 4.19. The molecule has 0 aromatic carbocycles. The summed E-state index contributed by atoms with van der Waals surface area (Å²) in [4.78, 5) is 21.8. The minimum absolute atomic E-state index is 0.0700. The number of rotatable bonds is 4. The molecule has 2 heterocycles. The summed E-state index contributed by atoms with van der Waals surface area (Å²) in [5, 5.41) is 10.8. The molecule has 1 amide bonds. The summed E-state index contributed by atoms with van der Waals surface area (Å²) in [5.41, 5.74) is 0. The van der Waals surface area contributed by atoms with Crippen LogP contribution in [0.25, 0.3) is 0 Å². The third kappa shape index (κ3) is 3.16. The van der Waals surface area contributed by atoms with Crippen LogP contribution in [-0.4, -0.2) is 56.1 Å². The Morgan fingerprint density at radius 2 is 2.19 bits per heavy atom. The average Bonchev–Trinajstić information content (AvgIpc) is 3.07. The number of hydrogen-bond donors (Lipinski definition) is 2. The first-order valence-corrected chi connectivity index (χ1v) is 7.46. The van der Waals surface area contributed by atoms with E-state index in [2.05, 4.69) is 10.1 Å². The first kappa shape index (κ1) is 15.3. The van der Waals surface area contributed by atoms with Gasteiger partial charge in [0.25, 0.3) is 10.0 Å². The summed E-state index contributed by atoms with van der Waals surface area (Å²) < 4.78 is 34.9. The molecule has 10 heteroatoms. The van der Waals surface area contributed by atoms with E-state index < -0.39 is 32.9 Å². The number of nitrogens with zero attached hydrogens (tertiary/aromatic N) is 1. The Morgan fingerprint density at radius 3 is 2.76 bits per heavy atom. The maximum atomic E-state index is 12.3. The number of amides is 1. The lowest BCUT2D eigenvalue weighted by molar-refractivity contribution is 0.0656. The van der Waals surface area contributed by atoms with Gasteiger partial charge in [-0.05, 0) is 18.6 Å². The van der Waals surface area contributed by atoms with E-state index in [0.29, 0.717) is 6.42 Å². The summed E-state index contributed by atoms with van der Waals surface area (Å²) in [6, 6.07) is 1.82. The van der Waals surface area contributed by atoms with Crippen LogP contribution in [0.4, 0.5) is 4.79 Å². The highest BCUT2D eigenvalue weighted by molar-refractivity contribution is 7.89. The Balaban J connectivity index is 2.10. The zero-order chi connectivity index (χ0) is 15.6. The summed E-state index contributed by atoms with van der Waals surface area (Å²) >= 11 is 0. The van der Waals surface area contributed by atoms with Crippen molar-refractivity contribution in [2.24, 2.45) is 0 Å². The molecule has 1 aromatic rings. The van der Waals surface area contributed by atoms with E-state index in [9.17, 15) is 18.0 Å². The monoisotopic (exact) mass is 318 g/mol. The Hall–Kier alpha value is -2.07. The van der Waals surface area contributed by atoms with Crippen molar-refractivity contribution in [2.75, 3.05) is 20.2 Å². The summed E-state index contributed by atoms with van der Waals surface area (Å²) in [7, 11) is -2.70. The number of alkyl carbamates (subject to hydrolysis) is 1. The first-order chi connectivity index (χ1) is 9.84. The molecule has 1 unspecified atom stereocenters. The molecule has 2 rings (SSSR count). The number of ether oxygens (including phenoxy) is 1. The normalized spacial score (nSPS) is 19.4. The second kappa shape index (κ2) is 5.74. The molecule has 0 bridgehead atoms. The number of hydrogen-bond acceptors (Lipinski definition) is 6. The van der Waals surface area contributed by atoms with Crippen LogP contribution in [0.5, 0.6) is 0 Å². The number of sulfonamides is 1. The van der Waals surface area contributed by atoms with Crippen LogP contribution in [0.1, 0.15) is 17.0 Å². The van der Waals surface area contributed by atoms with Gasteiger partial charge < -0.3 is 19.6 Å². The molecule has 0 aliphatic carbocycles. The van der Waals surface area contributed by atoms with E-state index in [4.69, 9.17) is 9.52 Å². The molecule has 1 aliphatic heterocycles. The molecular weight excluding hydrogens is 304 g/mol. The zero-order valence-corrected chi connectivity index (χ0v) is 11.9. The zero-order valence-electron chi connectivity index (χ0n) is 11.1. The Labute approximate surface area is 120 Å². The lowest BCUT2D eigenvalue weighted by Crippen LogP contribution is -2.38. The van der Waals surface area contributed by atoms with Crippen LogP contribution in [0, 0.1) is 0 Å². The van der Waals surface area contributed by atoms with Crippen molar-refractivity contribution in [3.8, 4) is 0 Å².